The van der Waals surface area contributed by atoms with Crippen molar-refractivity contribution in [3.63, 3.8) is 0 Å². The zero-order valence-electron chi connectivity index (χ0n) is 16.2. The molecule has 2 bridgehead atoms. The molecule has 2 aromatic rings. The third-order valence-corrected chi connectivity index (χ3v) is 7.09. The van der Waals surface area contributed by atoms with Gasteiger partial charge in [0.05, 0.1) is 5.71 Å². The van der Waals surface area contributed by atoms with Gasteiger partial charge in [-0.25, -0.2) is 0 Å². The summed E-state index contributed by atoms with van der Waals surface area (Å²) >= 11 is 1.69. The number of benzene rings is 2. The molecule has 0 spiro atoms. The Kier molecular flexibility index (Phi) is 4.59. The van der Waals surface area contributed by atoms with E-state index in [-0.39, 0.29) is 5.78 Å². The number of allylic oxidation sites excluding steroid dienone is 1. The van der Waals surface area contributed by atoms with Gasteiger partial charge in [0, 0.05) is 6.42 Å². The van der Waals surface area contributed by atoms with Crippen molar-refractivity contribution in [2.75, 3.05) is 5.75 Å². The smallest absolute Gasteiger partial charge is 0.187 e. The lowest BCUT2D eigenvalue weighted by molar-refractivity contribution is -0.123. The summed E-state index contributed by atoms with van der Waals surface area (Å²) in [6.45, 7) is 6.46. The van der Waals surface area contributed by atoms with Gasteiger partial charge in [-0.15, -0.1) is 11.8 Å². The first kappa shape index (κ1) is 18.2. The largest absolute Gasteiger partial charge is 0.294 e. The van der Waals surface area contributed by atoms with E-state index < -0.39 is 10.3 Å². The van der Waals surface area contributed by atoms with Crippen LogP contribution >= 0.6 is 11.8 Å². The molecule has 0 radical (unpaired) electrons. The van der Waals surface area contributed by atoms with Crippen LogP contribution in [0.5, 0.6) is 0 Å². The van der Waals surface area contributed by atoms with Crippen molar-refractivity contribution < 1.29 is 4.79 Å². The van der Waals surface area contributed by atoms with Crippen LogP contribution in [0.2, 0.25) is 0 Å². The Bertz CT molecular complexity index is 931. The molecular weight excluding hydrogens is 350 g/mol. The second kappa shape index (κ2) is 6.79. The Morgan fingerprint density at radius 1 is 0.926 bits per heavy atom. The molecule has 1 heterocycles. The van der Waals surface area contributed by atoms with E-state index in [1.807, 2.05) is 36.4 Å². The first-order valence-corrected chi connectivity index (χ1v) is 10.6. The Morgan fingerprint density at radius 3 is 2.15 bits per heavy atom. The third kappa shape index (κ3) is 2.71. The number of nitrogens with zero attached hydrogens (tertiary/aromatic N) is 1. The van der Waals surface area contributed by atoms with E-state index in [0.717, 1.165) is 22.6 Å². The minimum atomic E-state index is -0.711. The van der Waals surface area contributed by atoms with Crippen molar-refractivity contribution in [2.24, 2.45) is 4.99 Å². The number of hydrogen-bond donors (Lipinski definition) is 0. The van der Waals surface area contributed by atoms with Gasteiger partial charge in [0.1, 0.15) is 5.41 Å². The molecule has 2 nitrogen and oxygen atoms in total. The van der Waals surface area contributed by atoms with Crippen LogP contribution in [0.3, 0.4) is 0 Å². The van der Waals surface area contributed by atoms with Crippen molar-refractivity contribution in [2.45, 2.75) is 43.9 Å². The molecule has 0 amide bonds. The summed E-state index contributed by atoms with van der Waals surface area (Å²) in [5.74, 6) is 1.12. The molecular formula is C24H25NOS. The summed E-state index contributed by atoms with van der Waals surface area (Å²) in [6.07, 6.45) is 1.42. The molecule has 2 aliphatic rings. The maximum atomic E-state index is 14.2. The second-order valence-electron chi connectivity index (χ2n) is 7.56. The molecule has 1 aliphatic carbocycles. The number of fused-ring (bicyclic) bond motifs is 2. The average molecular weight is 376 g/mol. The lowest BCUT2D eigenvalue weighted by atomic mass is 9.68. The highest BCUT2D eigenvalue weighted by Crippen LogP contribution is 2.54. The second-order valence-corrected chi connectivity index (χ2v) is 9.10. The number of carbonyl (C=O) groups is 1. The Labute approximate surface area is 165 Å². The predicted molar refractivity (Wildman–Crippen MR) is 115 cm³/mol. The van der Waals surface area contributed by atoms with Crippen molar-refractivity contribution in [3.05, 3.63) is 82.9 Å². The summed E-state index contributed by atoms with van der Waals surface area (Å²) in [6, 6.07) is 20.5. The molecule has 2 atom stereocenters. The van der Waals surface area contributed by atoms with Crippen molar-refractivity contribution >= 4 is 23.3 Å². The highest BCUT2D eigenvalue weighted by Gasteiger charge is 2.61. The number of rotatable bonds is 4. The van der Waals surface area contributed by atoms with Gasteiger partial charge in [-0.1, -0.05) is 78.7 Å². The molecule has 0 fully saturated rings. The average Bonchev–Trinajstić information content (AvgIpc) is 2.88. The maximum absolute atomic E-state index is 14.2. The first-order valence-electron chi connectivity index (χ1n) is 9.59. The van der Waals surface area contributed by atoms with Crippen molar-refractivity contribution in [3.8, 4) is 0 Å². The Morgan fingerprint density at radius 2 is 1.52 bits per heavy atom. The van der Waals surface area contributed by atoms with Gasteiger partial charge in [0.25, 0.3) is 0 Å². The van der Waals surface area contributed by atoms with Gasteiger partial charge < -0.3 is 0 Å². The van der Waals surface area contributed by atoms with E-state index in [1.165, 1.54) is 11.1 Å². The fraction of sp³-hybridized carbons (Fsp3) is 0.333. The van der Waals surface area contributed by atoms with Crippen LogP contribution in [-0.4, -0.2) is 22.1 Å². The zero-order valence-corrected chi connectivity index (χ0v) is 17.0. The van der Waals surface area contributed by atoms with E-state index in [0.29, 0.717) is 12.8 Å². The molecule has 0 saturated carbocycles. The topological polar surface area (TPSA) is 29.4 Å². The number of ketones is 1. The Balaban J connectivity index is 2.04. The molecule has 4 rings (SSSR count). The van der Waals surface area contributed by atoms with Gasteiger partial charge in [-0.2, -0.15) is 0 Å². The summed E-state index contributed by atoms with van der Waals surface area (Å²) in [4.78, 5) is 18.7. The third-order valence-electron chi connectivity index (χ3n) is 5.90. The van der Waals surface area contributed by atoms with Crippen LogP contribution in [-0.2, 0) is 10.2 Å². The highest BCUT2D eigenvalue weighted by molar-refractivity contribution is 8.01. The zero-order chi connectivity index (χ0) is 19.1. The molecule has 0 N–H and O–H groups in total. The van der Waals surface area contributed by atoms with E-state index in [4.69, 9.17) is 4.99 Å². The van der Waals surface area contributed by atoms with Gasteiger partial charge in [0.15, 0.2) is 10.7 Å². The summed E-state index contributed by atoms with van der Waals surface area (Å²) in [7, 11) is 0. The van der Waals surface area contributed by atoms with E-state index in [1.54, 1.807) is 11.8 Å². The molecule has 1 aliphatic heterocycles. The van der Waals surface area contributed by atoms with E-state index >= 15 is 0 Å². The summed E-state index contributed by atoms with van der Waals surface area (Å²) < 4.78 is 0. The number of hydrogen-bond acceptors (Lipinski definition) is 3. The van der Waals surface area contributed by atoms with Gasteiger partial charge >= 0.3 is 0 Å². The fourth-order valence-corrected chi connectivity index (χ4v) is 5.75. The fourth-order valence-electron chi connectivity index (χ4n) is 4.50. The first-order chi connectivity index (χ1) is 13.0. The molecule has 0 aromatic heterocycles. The summed E-state index contributed by atoms with van der Waals surface area (Å²) in [5.41, 5.74) is 4.97. The van der Waals surface area contributed by atoms with Crippen molar-refractivity contribution in [1.82, 2.24) is 0 Å². The predicted octanol–water partition coefficient (Wildman–Crippen LogP) is 5.58. The molecule has 27 heavy (non-hydrogen) atoms. The lowest BCUT2D eigenvalue weighted by Crippen LogP contribution is -2.45. The number of Topliss-reactive ketones (excluding diaryl/α,β-unsaturated/α-hetero) is 1. The van der Waals surface area contributed by atoms with Gasteiger partial charge in [-0.05, 0) is 37.1 Å². The number of thioether (sulfide) groups is 1. The Hall–Kier alpha value is -2.13. The molecule has 2 unspecified atom stereocenters. The van der Waals surface area contributed by atoms with Crippen LogP contribution in [0.1, 0.15) is 44.7 Å². The van der Waals surface area contributed by atoms with Crippen LogP contribution in [0, 0.1) is 0 Å². The molecule has 2 aromatic carbocycles. The standard InChI is InChI=1S/C24H25NOS/c1-4-27-24-16-18(3)17(2)15-23(22(24)26,20-13-9-6-10-14-20)21(25-24)19-11-7-5-8-12-19/h5-14H,4,15-16H2,1-3H3. The lowest BCUT2D eigenvalue weighted by Gasteiger charge is -2.31. The van der Waals surface area contributed by atoms with E-state index in [9.17, 15) is 4.79 Å². The normalized spacial score (nSPS) is 27.5. The molecule has 3 heteroatoms. The van der Waals surface area contributed by atoms with E-state index in [2.05, 4.69) is 45.0 Å². The van der Waals surface area contributed by atoms with Crippen LogP contribution in [0.15, 0.2) is 76.8 Å². The SMILES string of the molecule is CCSC12CC(C)=C(C)CC(c3ccccc3)(C1=O)C(c1ccccc1)=N2. The minimum absolute atomic E-state index is 0.253. The monoisotopic (exact) mass is 375 g/mol. The van der Waals surface area contributed by atoms with Crippen LogP contribution < -0.4 is 0 Å². The minimum Gasteiger partial charge on any atom is -0.294 e. The van der Waals surface area contributed by atoms with Crippen LogP contribution in [0.25, 0.3) is 0 Å². The van der Waals surface area contributed by atoms with Gasteiger partial charge in [-0.3, -0.25) is 9.79 Å². The molecule has 138 valence electrons. The van der Waals surface area contributed by atoms with Crippen molar-refractivity contribution in [1.29, 1.82) is 0 Å². The number of aliphatic imine (C=N–C) groups is 1. The quantitative estimate of drug-likeness (QED) is 0.653. The van der Waals surface area contributed by atoms with Gasteiger partial charge in [0.2, 0.25) is 0 Å². The summed E-state index contributed by atoms with van der Waals surface area (Å²) in [5, 5.41) is 0. The number of carbonyl (C=O) groups excluding carboxylic acids is 1. The maximum Gasteiger partial charge on any atom is 0.187 e. The molecule has 0 saturated heterocycles. The van der Waals surface area contributed by atoms with Crippen LogP contribution in [0.4, 0.5) is 0 Å². The highest BCUT2D eigenvalue weighted by atomic mass is 32.2.